The summed E-state index contributed by atoms with van der Waals surface area (Å²) in [6.07, 6.45) is 5.15. The number of nitrogens with one attached hydrogen (secondary N) is 1. The fraction of sp³-hybridized carbons (Fsp3) is 0.588. The summed E-state index contributed by atoms with van der Waals surface area (Å²) >= 11 is 0. The van der Waals surface area contributed by atoms with E-state index in [4.69, 9.17) is 0 Å². The summed E-state index contributed by atoms with van der Waals surface area (Å²) in [5.41, 5.74) is 2.66. The van der Waals surface area contributed by atoms with E-state index in [9.17, 15) is 9.90 Å². The second kappa shape index (κ2) is 6.89. The minimum Gasteiger partial charge on any atom is -0.480 e. The van der Waals surface area contributed by atoms with E-state index in [1.807, 2.05) is 0 Å². The van der Waals surface area contributed by atoms with Gasteiger partial charge in [0.25, 0.3) is 0 Å². The van der Waals surface area contributed by atoms with Gasteiger partial charge in [0.15, 0.2) is 0 Å². The number of aryl methyl sites for hydroxylation is 1. The van der Waals surface area contributed by atoms with Gasteiger partial charge in [-0.15, -0.1) is 0 Å². The first kappa shape index (κ1) is 15.0. The number of aliphatic carboxylic acids is 1. The summed E-state index contributed by atoms with van der Waals surface area (Å²) in [4.78, 5) is 11.4. The lowest BCUT2D eigenvalue weighted by atomic mass is 9.96. The predicted molar refractivity (Wildman–Crippen MR) is 80.8 cm³/mol. The van der Waals surface area contributed by atoms with Gasteiger partial charge in [-0.3, -0.25) is 10.1 Å². The Morgan fingerprint density at radius 3 is 2.80 bits per heavy atom. The molecule has 1 aliphatic carbocycles. The second-order valence-corrected chi connectivity index (χ2v) is 6.18. The number of hydrogen-bond acceptors (Lipinski definition) is 2. The molecule has 0 amide bonds. The second-order valence-electron chi connectivity index (χ2n) is 6.18. The molecule has 3 heteroatoms. The van der Waals surface area contributed by atoms with Gasteiger partial charge in [0.1, 0.15) is 6.04 Å². The minimum absolute atomic E-state index is 0.175. The first-order valence-electron chi connectivity index (χ1n) is 7.64. The van der Waals surface area contributed by atoms with E-state index in [0.717, 1.165) is 19.3 Å². The molecule has 3 nitrogen and oxygen atoms in total. The molecule has 1 aromatic carbocycles. The van der Waals surface area contributed by atoms with Crippen LogP contribution in [-0.2, 0) is 11.2 Å². The van der Waals surface area contributed by atoms with Gasteiger partial charge in [-0.05, 0) is 42.7 Å². The quantitative estimate of drug-likeness (QED) is 0.808. The maximum Gasteiger partial charge on any atom is 0.320 e. The molecule has 0 spiro atoms. The molecule has 1 aromatic rings. The summed E-state index contributed by atoms with van der Waals surface area (Å²) in [7, 11) is 0. The zero-order chi connectivity index (χ0) is 14.5. The van der Waals surface area contributed by atoms with Crippen molar-refractivity contribution in [2.75, 3.05) is 0 Å². The minimum atomic E-state index is -0.736. The predicted octanol–water partition coefficient (Wildman–Crippen LogP) is 3.54. The van der Waals surface area contributed by atoms with Crippen molar-refractivity contribution in [2.45, 2.75) is 58.0 Å². The first-order valence-corrected chi connectivity index (χ1v) is 7.64. The molecule has 1 aliphatic rings. The van der Waals surface area contributed by atoms with E-state index in [1.165, 1.54) is 17.5 Å². The first-order chi connectivity index (χ1) is 9.58. The van der Waals surface area contributed by atoms with Gasteiger partial charge in [-0.2, -0.15) is 0 Å². The van der Waals surface area contributed by atoms with Crippen molar-refractivity contribution >= 4 is 5.97 Å². The van der Waals surface area contributed by atoms with Crippen molar-refractivity contribution in [2.24, 2.45) is 5.92 Å². The lowest BCUT2D eigenvalue weighted by Gasteiger charge is -2.25. The lowest BCUT2D eigenvalue weighted by Crippen LogP contribution is -2.40. The Morgan fingerprint density at radius 1 is 1.35 bits per heavy atom. The van der Waals surface area contributed by atoms with Crippen molar-refractivity contribution in [3.05, 3.63) is 35.4 Å². The van der Waals surface area contributed by atoms with Gasteiger partial charge in [0.05, 0.1) is 0 Å². The third kappa shape index (κ3) is 3.83. The third-order valence-corrected chi connectivity index (χ3v) is 4.03. The maximum absolute atomic E-state index is 11.4. The smallest absolute Gasteiger partial charge is 0.320 e. The van der Waals surface area contributed by atoms with E-state index in [-0.39, 0.29) is 6.04 Å². The fourth-order valence-electron chi connectivity index (χ4n) is 3.05. The highest BCUT2D eigenvalue weighted by Crippen LogP contribution is 2.29. The van der Waals surface area contributed by atoms with Crippen LogP contribution in [0.15, 0.2) is 24.3 Å². The molecule has 20 heavy (non-hydrogen) atoms. The zero-order valence-corrected chi connectivity index (χ0v) is 12.4. The summed E-state index contributed by atoms with van der Waals surface area (Å²) in [5, 5.41) is 12.8. The van der Waals surface area contributed by atoms with E-state index in [2.05, 4.69) is 43.4 Å². The van der Waals surface area contributed by atoms with Crippen LogP contribution < -0.4 is 5.32 Å². The normalized spacial score (nSPS) is 20.2. The highest BCUT2D eigenvalue weighted by Gasteiger charge is 2.25. The Bertz CT molecular complexity index is 456. The van der Waals surface area contributed by atoms with Crippen LogP contribution in [0.3, 0.4) is 0 Å². The molecule has 110 valence electrons. The summed E-state index contributed by atoms with van der Waals surface area (Å²) in [6.45, 7) is 4.14. The third-order valence-electron chi connectivity index (χ3n) is 4.03. The molecule has 0 heterocycles. The Hall–Kier alpha value is -1.35. The van der Waals surface area contributed by atoms with Crippen LogP contribution in [0.4, 0.5) is 0 Å². The fourth-order valence-corrected chi connectivity index (χ4v) is 3.05. The maximum atomic E-state index is 11.4. The molecule has 0 saturated carbocycles. The van der Waals surface area contributed by atoms with E-state index in [0.29, 0.717) is 12.3 Å². The van der Waals surface area contributed by atoms with Gasteiger partial charge in [0, 0.05) is 6.04 Å². The molecule has 2 rings (SSSR count). The molecule has 0 radical (unpaired) electrons. The Kier molecular flexibility index (Phi) is 5.18. The summed E-state index contributed by atoms with van der Waals surface area (Å²) in [5.74, 6) is -0.356. The lowest BCUT2D eigenvalue weighted by molar-refractivity contribution is -0.140. The molecule has 2 N–H and O–H groups in total. The van der Waals surface area contributed by atoms with Gasteiger partial charge in [-0.1, -0.05) is 44.5 Å². The van der Waals surface area contributed by atoms with Crippen LogP contribution in [0, 0.1) is 5.92 Å². The molecule has 2 unspecified atom stereocenters. The number of fused-ring (bicyclic) bond motifs is 1. The standard InChI is InChI=1S/C17H25NO2/c1-12(2)11-16(17(19)20)18-15-10-6-4-8-13-7-3-5-9-14(13)15/h3,5,7,9,12,15-16,18H,4,6,8,10-11H2,1-2H3,(H,19,20). The highest BCUT2D eigenvalue weighted by molar-refractivity contribution is 5.73. The monoisotopic (exact) mass is 275 g/mol. The number of carbonyl (C=O) groups is 1. The Labute approximate surface area is 121 Å². The van der Waals surface area contributed by atoms with Crippen LogP contribution in [0.2, 0.25) is 0 Å². The SMILES string of the molecule is CC(C)CC(NC1CCCCc2ccccc21)C(=O)O. The van der Waals surface area contributed by atoms with Crippen LogP contribution in [0.5, 0.6) is 0 Å². The molecule has 0 aliphatic heterocycles. The van der Waals surface area contributed by atoms with Crippen LogP contribution >= 0.6 is 0 Å². The van der Waals surface area contributed by atoms with Crippen LogP contribution in [0.25, 0.3) is 0 Å². The Morgan fingerprint density at radius 2 is 2.10 bits per heavy atom. The van der Waals surface area contributed by atoms with Crippen LogP contribution in [-0.4, -0.2) is 17.1 Å². The average Bonchev–Trinajstić information content (AvgIpc) is 2.60. The van der Waals surface area contributed by atoms with Gasteiger partial charge < -0.3 is 5.11 Å². The number of benzene rings is 1. The van der Waals surface area contributed by atoms with E-state index in [1.54, 1.807) is 0 Å². The summed E-state index contributed by atoms with van der Waals surface area (Å²) in [6, 6.07) is 8.17. The molecule has 2 atom stereocenters. The van der Waals surface area contributed by atoms with Gasteiger partial charge in [-0.25, -0.2) is 0 Å². The number of hydrogen-bond donors (Lipinski definition) is 2. The molecular weight excluding hydrogens is 250 g/mol. The topological polar surface area (TPSA) is 49.3 Å². The van der Waals surface area contributed by atoms with Crippen molar-refractivity contribution in [1.29, 1.82) is 0 Å². The van der Waals surface area contributed by atoms with E-state index >= 15 is 0 Å². The van der Waals surface area contributed by atoms with Crippen molar-refractivity contribution < 1.29 is 9.90 Å². The number of rotatable bonds is 5. The van der Waals surface area contributed by atoms with Crippen molar-refractivity contribution in [3.8, 4) is 0 Å². The van der Waals surface area contributed by atoms with Gasteiger partial charge in [0.2, 0.25) is 0 Å². The van der Waals surface area contributed by atoms with Crippen molar-refractivity contribution in [3.63, 3.8) is 0 Å². The van der Waals surface area contributed by atoms with E-state index < -0.39 is 12.0 Å². The molecular formula is C17H25NO2. The molecule has 0 saturated heterocycles. The van der Waals surface area contributed by atoms with Gasteiger partial charge >= 0.3 is 5.97 Å². The summed E-state index contributed by atoms with van der Waals surface area (Å²) < 4.78 is 0. The number of carboxylic acids is 1. The molecule has 0 fully saturated rings. The highest BCUT2D eigenvalue weighted by atomic mass is 16.4. The van der Waals surface area contributed by atoms with Crippen molar-refractivity contribution in [1.82, 2.24) is 5.32 Å². The number of carboxylic acid groups (broad SMARTS) is 1. The van der Waals surface area contributed by atoms with Crippen LogP contribution in [0.1, 0.15) is 56.7 Å². The largest absolute Gasteiger partial charge is 0.480 e. The Balaban J connectivity index is 2.16. The zero-order valence-electron chi connectivity index (χ0n) is 12.4. The average molecular weight is 275 g/mol. The molecule has 0 bridgehead atoms. The molecule has 0 aromatic heterocycles.